The van der Waals surface area contributed by atoms with Gasteiger partial charge >= 0.3 is 18.1 Å². The number of alkyl halides is 3. The molecule has 0 radical (unpaired) electrons. The minimum absolute atomic E-state index is 0.103. The van der Waals surface area contributed by atoms with Gasteiger partial charge in [0.25, 0.3) is 0 Å². The van der Waals surface area contributed by atoms with Gasteiger partial charge in [-0.25, -0.2) is 0 Å². The fourth-order valence-corrected chi connectivity index (χ4v) is 1.60. The molecule has 1 aromatic carbocycles. The fraction of sp³-hybridized carbons (Fsp3) is 0.429. The molecule has 0 amide bonds. The molecule has 0 spiro atoms. The molecular formula is C14H15F3O4. The second kappa shape index (κ2) is 7.10. The highest BCUT2D eigenvalue weighted by Crippen LogP contribution is 2.31. The van der Waals surface area contributed by atoms with Crippen molar-refractivity contribution in [1.29, 1.82) is 0 Å². The number of halogens is 3. The van der Waals surface area contributed by atoms with Gasteiger partial charge in [0, 0.05) is 0 Å². The fourth-order valence-electron chi connectivity index (χ4n) is 1.60. The van der Waals surface area contributed by atoms with E-state index in [1.807, 2.05) is 0 Å². The summed E-state index contributed by atoms with van der Waals surface area (Å²) in [5.41, 5.74) is -0.933. The van der Waals surface area contributed by atoms with E-state index in [0.29, 0.717) is 6.07 Å². The predicted molar refractivity (Wildman–Crippen MR) is 67.5 cm³/mol. The molecule has 1 aromatic rings. The highest BCUT2D eigenvalue weighted by Gasteiger charge is 2.32. The van der Waals surface area contributed by atoms with Crippen LogP contribution in [0.2, 0.25) is 0 Å². The summed E-state index contributed by atoms with van der Waals surface area (Å²) >= 11 is 0. The van der Waals surface area contributed by atoms with Crippen molar-refractivity contribution in [3.63, 3.8) is 0 Å². The molecule has 1 unspecified atom stereocenters. The Bertz CT molecular complexity index is 511. The van der Waals surface area contributed by atoms with Gasteiger partial charge in [0.2, 0.25) is 0 Å². The number of hydrogen-bond acceptors (Lipinski definition) is 4. The van der Waals surface area contributed by atoms with Crippen LogP contribution in [-0.4, -0.2) is 18.5 Å². The van der Waals surface area contributed by atoms with Gasteiger partial charge in [-0.2, -0.15) is 13.2 Å². The van der Waals surface area contributed by atoms with E-state index in [1.165, 1.54) is 6.07 Å². The molecule has 0 saturated heterocycles. The Hall–Kier alpha value is -2.05. The normalized spacial score (nSPS) is 12.6. The minimum atomic E-state index is -4.53. The molecule has 0 aliphatic rings. The van der Waals surface area contributed by atoms with Crippen LogP contribution >= 0.6 is 0 Å². The van der Waals surface area contributed by atoms with Gasteiger partial charge in [-0.1, -0.05) is 13.0 Å². The smallest absolute Gasteiger partial charge is 0.416 e. The van der Waals surface area contributed by atoms with Gasteiger partial charge in [-0.15, -0.1) is 0 Å². The summed E-state index contributed by atoms with van der Waals surface area (Å²) in [6, 6.07) is 3.90. The van der Waals surface area contributed by atoms with E-state index < -0.39 is 29.6 Å². The average molecular weight is 304 g/mol. The largest absolute Gasteiger partial charge is 0.465 e. The third-order valence-corrected chi connectivity index (χ3v) is 2.64. The molecule has 0 aromatic heterocycles. The topological polar surface area (TPSA) is 52.6 Å². The number of carbonyl (C=O) groups excluding carboxylic acids is 2. The quantitative estimate of drug-likeness (QED) is 0.476. The van der Waals surface area contributed by atoms with Crippen molar-refractivity contribution in [2.24, 2.45) is 5.92 Å². The number of benzene rings is 1. The SMILES string of the molecule is CCOC(=O)C(CC)C(=O)Oc1cccc(C(F)(F)F)c1. The van der Waals surface area contributed by atoms with Crippen molar-refractivity contribution in [3.8, 4) is 5.75 Å². The highest BCUT2D eigenvalue weighted by molar-refractivity contribution is 5.95. The van der Waals surface area contributed by atoms with E-state index >= 15 is 0 Å². The zero-order valence-electron chi connectivity index (χ0n) is 11.6. The molecule has 4 nitrogen and oxygen atoms in total. The molecule has 0 saturated carbocycles. The third-order valence-electron chi connectivity index (χ3n) is 2.64. The molecule has 0 bridgehead atoms. The number of carbonyl (C=O) groups is 2. The van der Waals surface area contributed by atoms with E-state index in [-0.39, 0.29) is 18.8 Å². The van der Waals surface area contributed by atoms with Crippen LogP contribution in [0.3, 0.4) is 0 Å². The lowest BCUT2D eigenvalue weighted by Gasteiger charge is -2.13. The van der Waals surface area contributed by atoms with Gasteiger partial charge < -0.3 is 9.47 Å². The van der Waals surface area contributed by atoms with Crippen LogP contribution in [0.15, 0.2) is 24.3 Å². The molecular weight excluding hydrogens is 289 g/mol. The molecule has 21 heavy (non-hydrogen) atoms. The Kier molecular flexibility index (Phi) is 5.75. The minimum Gasteiger partial charge on any atom is -0.465 e. The first kappa shape index (κ1) is 17.0. The maximum absolute atomic E-state index is 12.5. The van der Waals surface area contributed by atoms with Gasteiger partial charge in [0.05, 0.1) is 12.2 Å². The Labute approximate surface area is 119 Å². The van der Waals surface area contributed by atoms with Crippen molar-refractivity contribution < 1.29 is 32.2 Å². The second-order valence-electron chi connectivity index (χ2n) is 4.16. The van der Waals surface area contributed by atoms with E-state index in [0.717, 1.165) is 12.1 Å². The first-order valence-corrected chi connectivity index (χ1v) is 6.35. The van der Waals surface area contributed by atoms with Crippen LogP contribution in [0.4, 0.5) is 13.2 Å². The van der Waals surface area contributed by atoms with E-state index in [1.54, 1.807) is 13.8 Å². The maximum atomic E-state index is 12.5. The summed E-state index contributed by atoms with van der Waals surface area (Å²) in [7, 11) is 0. The number of hydrogen-bond donors (Lipinski definition) is 0. The number of esters is 2. The summed E-state index contributed by atoms with van der Waals surface area (Å²) in [5, 5.41) is 0. The lowest BCUT2D eigenvalue weighted by Crippen LogP contribution is -2.29. The van der Waals surface area contributed by atoms with Crippen LogP contribution in [0.5, 0.6) is 5.75 Å². The monoisotopic (exact) mass is 304 g/mol. The van der Waals surface area contributed by atoms with Crippen molar-refractivity contribution in [1.82, 2.24) is 0 Å². The highest BCUT2D eigenvalue weighted by atomic mass is 19.4. The van der Waals surface area contributed by atoms with Gasteiger partial charge in [-0.05, 0) is 31.5 Å². The Balaban J connectivity index is 2.85. The maximum Gasteiger partial charge on any atom is 0.416 e. The van der Waals surface area contributed by atoms with Gasteiger partial charge in [-0.3, -0.25) is 9.59 Å². The zero-order chi connectivity index (χ0) is 16.0. The van der Waals surface area contributed by atoms with E-state index in [2.05, 4.69) is 0 Å². The van der Waals surface area contributed by atoms with Crippen molar-refractivity contribution >= 4 is 11.9 Å². The van der Waals surface area contributed by atoms with Crippen LogP contribution in [0.1, 0.15) is 25.8 Å². The van der Waals surface area contributed by atoms with Crippen molar-refractivity contribution in [2.75, 3.05) is 6.61 Å². The second-order valence-corrected chi connectivity index (χ2v) is 4.16. The van der Waals surface area contributed by atoms with E-state index in [9.17, 15) is 22.8 Å². The first-order chi connectivity index (χ1) is 9.79. The molecule has 0 N–H and O–H groups in total. The first-order valence-electron chi connectivity index (χ1n) is 6.35. The number of ether oxygens (including phenoxy) is 2. The van der Waals surface area contributed by atoms with Crippen molar-refractivity contribution in [3.05, 3.63) is 29.8 Å². The Morgan fingerprint density at radius 3 is 2.38 bits per heavy atom. The zero-order valence-corrected chi connectivity index (χ0v) is 11.6. The average Bonchev–Trinajstić information content (AvgIpc) is 2.39. The van der Waals surface area contributed by atoms with Crippen molar-refractivity contribution in [2.45, 2.75) is 26.4 Å². The summed E-state index contributed by atoms with van der Waals surface area (Å²) < 4.78 is 47.2. The standard InChI is InChI=1S/C14H15F3O4/c1-3-11(12(18)20-4-2)13(19)21-10-7-5-6-9(8-10)14(15,16)17/h5-8,11H,3-4H2,1-2H3. The summed E-state index contributed by atoms with van der Waals surface area (Å²) in [6.45, 7) is 3.27. The Morgan fingerprint density at radius 2 is 1.86 bits per heavy atom. The lowest BCUT2D eigenvalue weighted by atomic mass is 10.1. The Morgan fingerprint density at radius 1 is 1.19 bits per heavy atom. The van der Waals surface area contributed by atoms with Crippen LogP contribution in [-0.2, 0) is 20.5 Å². The predicted octanol–water partition coefficient (Wildman–Crippen LogP) is 3.20. The molecule has 7 heteroatoms. The molecule has 0 aliphatic carbocycles. The van der Waals surface area contributed by atoms with Gasteiger partial charge in [0.1, 0.15) is 5.75 Å². The molecule has 0 aliphatic heterocycles. The molecule has 0 fully saturated rings. The van der Waals surface area contributed by atoms with Crippen LogP contribution in [0.25, 0.3) is 0 Å². The third kappa shape index (κ3) is 4.77. The molecule has 116 valence electrons. The summed E-state index contributed by atoms with van der Waals surface area (Å²) in [6.07, 6.45) is -4.40. The lowest BCUT2D eigenvalue weighted by molar-refractivity contribution is -0.157. The summed E-state index contributed by atoms with van der Waals surface area (Å²) in [4.78, 5) is 23.3. The number of rotatable bonds is 5. The van der Waals surface area contributed by atoms with Crippen LogP contribution < -0.4 is 4.74 Å². The molecule has 0 heterocycles. The van der Waals surface area contributed by atoms with Crippen LogP contribution in [0, 0.1) is 5.92 Å². The van der Waals surface area contributed by atoms with Gasteiger partial charge in [0.15, 0.2) is 5.92 Å². The summed E-state index contributed by atoms with van der Waals surface area (Å²) in [5.74, 6) is -3.11. The molecule has 1 rings (SSSR count). The van der Waals surface area contributed by atoms with E-state index in [4.69, 9.17) is 9.47 Å². The molecule has 1 atom stereocenters.